The maximum absolute atomic E-state index is 12.0. The van der Waals surface area contributed by atoms with Gasteiger partial charge in [-0.15, -0.1) is 0 Å². The van der Waals surface area contributed by atoms with Gasteiger partial charge in [0, 0.05) is 24.9 Å². The summed E-state index contributed by atoms with van der Waals surface area (Å²) in [5.41, 5.74) is 4.45. The van der Waals surface area contributed by atoms with Gasteiger partial charge in [-0.25, -0.2) is 4.79 Å². The molecular formula is C20H18N2O4. The van der Waals surface area contributed by atoms with Crippen LogP contribution in [0.25, 0.3) is 11.1 Å². The Hall–Kier alpha value is -3.28. The SMILES string of the molecule is O=C(NCCc1cc(=O)[nH]o1)OCC1c2ccccc2-c2ccccc21. The number of carbonyl (C=O) groups is 1. The van der Waals surface area contributed by atoms with Crippen molar-refractivity contribution in [2.24, 2.45) is 0 Å². The number of carbonyl (C=O) groups excluding carboxylic acids is 1. The number of fused-ring (bicyclic) bond motifs is 3. The van der Waals surface area contributed by atoms with Crippen LogP contribution in [0.5, 0.6) is 0 Å². The fourth-order valence-corrected chi connectivity index (χ4v) is 3.38. The fourth-order valence-electron chi connectivity index (χ4n) is 3.38. The van der Waals surface area contributed by atoms with E-state index in [1.54, 1.807) is 0 Å². The van der Waals surface area contributed by atoms with E-state index in [2.05, 4.69) is 34.7 Å². The smallest absolute Gasteiger partial charge is 0.407 e. The van der Waals surface area contributed by atoms with Crippen molar-refractivity contribution < 1.29 is 14.1 Å². The van der Waals surface area contributed by atoms with Gasteiger partial charge >= 0.3 is 6.09 Å². The number of hydrogen-bond donors (Lipinski definition) is 2. The van der Waals surface area contributed by atoms with Gasteiger partial charge in [-0.05, 0) is 22.3 Å². The molecule has 0 saturated carbocycles. The van der Waals surface area contributed by atoms with Gasteiger partial charge < -0.3 is 14.6 Å². The maximum atomic E-state index is 12.0. The summed E-state index contributed by atoms with van der Waals surface area (Å²) in [4.78, 5) is 23.0. The molecule has 1 heterocycles. The summed E-state index contributed by atoms with van der Waals surface area (Å²) in [5, 5.41) is 4.89. The third-order valence-corrected chi connectivity index (χ3v) is 4.56. The van der Waals surface area contributed by atoms with Crippen LogP contribution < -0.4 is 10.9 Å². The summed E-state index contributed by atoms with van der Waals surface area (Å²) in [7, 11) is 0. The number of nitrogens with one attached hydrogen (secondary N) is 2. The highest BCUT2D eigenvalue weighted by atomic mass is 16.5. The van der Waals surface area contributed by atoms with Crippen LogP contribution in [-0.4, -0.2) is 24.4 Å². The van der Waals surface area contributed by atoms with Crippen LogP contribution in [-0.2, 0) is 11.2 Å². The second-order valence-electron chi connectivity index (χ2n) is 6.18. The topological polar surface area (TPSA) is 84.3 Å². The van der Waals surface area contributed by atoms with Gasteiger partial charge in [-0.1, -0.05) is 48.5 Å². The van der Waals surface area contributed by atoms with Crippen LogP contribution in [0.3, 0.4) is 0 Å². The van der Waals surface area contributed by atoms with E-state index in [0.29, 0.717) is 18.7 Å². The molecule has 1 aliphatic carbocycles. The molecule has 2 N–H and O–H groups in total. The highest BCUT2D eigenvalue weighted by Crippen LogP contribution is 2.44. The van der Waals surface area contributed by atoms with Crippen LogP contribution in [0.15, 0.2) is 63.9 Å². The first-order valence-electron chi connectivity index (χ1n) is 8.48. The Balaban J connectivity index is 1.37. The number of aromatic nitrogens is 1. The highest BCUT2D eigenvalue weighted by molar-refractivity contribution is 5.79. The van der Waals surface area contributed by atoms with Gasteiger partial charge in [-0.2, -0.15) is 5.16 Å². The van der Waals surface area contributed by atoms with Crippen molar-refractivity contribution in [1.29, 1.82) is 0 Å². The molecule has 0 unspecified atom stereocenters. The molecular weight excluding hydrogens is 332 g/mol. The fraction of sp³-hybridized carbons (Fsp3) is 0.200. The van der Waals surface area contributed by atoms with Gasteiger partial charge in [-0.3, -0.25) is 4.79 Å². The number of rotatable bonds is 5. The quantitative estimate of drug-likeness (QED) is 0.741. The molecule has 26 heavy (non-hydrogen) atoms. The van der Waals surface area contributed by atoms with Crippen molar-refractivity contribution in [2.75, 3.05) is 13.2 Å². The molecule has 4 rings (SSSR count). The van der Waals surface area contributed by atoms with Crippen LogP contribution >= 0.6 is 0 Å². The molecule has 6 heteroatoms. The predicted octanol–water partition coefficient (Wildman–Crippen LogP) is 3.05. The van der Waals surface area contributed by atoms with E-state index in [9.17, 15) is 9.59 Å². The van der Waals surface area contributed by atoms with Crippen LogP contribution in [0, 0.1) is 0 Å². The van der Waals surface area contributed by atoms with E-state index in [1.807, 2.05) is 24.3 Å². The molecule has 0 radical (unpaired) electrons. The number of hydrogen-bond acceptors (Lipinski definition) is 4. The zero-order valence-corrected chi connectivity index (χ0v) is 14.0. The van der Waals surface area contributed by atoms with E-state index in [-0.39, 0.29) is 18.1 Å². The molecule has 132 valence electrons. The Morgan fingerprint density at radius 1 is 1.08 bits per heavy atom. The Kier molecular flexibility index (Phi) is 4.31. The third kappa shape index (κ3) is 3.13. The van der Waals surface area contributed by atoms with Crippen LogP contribution in [0.4, 0.5) is 4.79 Å². The minimum Gasteiger partial charge on any atom is -0.449 e. The van der Waals surface area contributed by atoms with E-state index in [0.717, 1.165) is 0 Å². The van der Waals surface area contributed by atoms with Gasteiger partial charge in [0.1, 0.15) is 12.4 Å². The lowest BCUT2D eigenvalue weighted by Gasteiger charge is -2.14. The number of benzene rings is 2. The van der Waals surface area contributed by atoms with Gasteiger partial charge in [0.15, 0.2) is 0 Å². The number of H-pyrrole nitrogens is 1. The van der Waals surface area contributed by atoms with Crippen molar-refractivity contribution >= 4 is 6.09 Å². The Morgan fingerprint density at radius 3 is 2.35 bits per heavy atom. The molecule has 3 aromatic rings. The molecule has 0 fully saturated rings. The summed E-state index contributed by atoms with van der Waals surface area (Å²) in [5.74, 6) is 0.532. The lowest BCUT2D eigenvalue weighted by atomic mass is 9.98. The van der Waals surface area contributed by atoms with E-state index < -0.39 is 6.09 Å². The van der Waals surface area contributed by atoms with Crippen molar-refractivity contribution in [3.8, 4) is 11.1 Å². The number of aromatic amines is 1. The second-order valence-corrected chi connectivity index (χ2v) is 6.18. The molecule has 1 amide bonds. The van der Waals surface area contributed by atoms with E-state index in [1.165, 1.54) is 28.3 Å². The first kappa shape index (κ1) is 16.2. The maximum Gasteiger partial charge on any atom is 0.407 e. The molecule has 0 spiro atoms. The summed E-state index contributed by atoms with van der Waals surface area (Å²) in [6, 6.07) is 17.8. The minimum atomic E-state index is -0.482. The highest BCUT2D eigenvalue weighted by Gasteiger charge is 2.28. The monoisotopic (exact) mass is 350 g/mol. The van der Waals surface area contributed by atoms with Crippen molar-refractivity contribution in [2.45, 2.75) is 12.3 Å². The molecule has 1 aromatic heterocycles. The van der Waals surface area contributed by atoms with Crippen molar-refractivity contribution in [3.63, 3.8) is 0 Å². The summed E-state index contributed by atoms with van der Waals surface area (Å²) in [6.07, 6.45) is -0.0621. The molecule has 0 saturated heterocycles. The molecule has 2 aromatic carbocycles. The standard InChI is InChI=1S/C20H18N2O4/c23-19-11-13(26-22-19)9-10-21-20(24)25-12-18-16-7-3-1-5-14(16)15-6-2-4-8-17(15)18/h1-8,11,18H,9-10,12H2,(H,21,24)(H,22,23). The molecule has 0 aliphatic heterocycles. The predicted molar refractivity (Wildman–Crippen MR) is 96.1 cm³/mol. The first-order chi connectivity index (χ1) is 12.7. The molecule has 0 bridgehead atoms. The van der Waals surface area contributed by atoms with Crippen molar-refractivity contribution in [3.05, 3.63) is 81.8 Å². The lowest BCUT2D eigenvalue weighted by Crippen LogP contribution is -2.27. The average molecular weight is 350 g/mol. The number of alkyl carbamates (subject to hydrolysis) is 1. The van der Waals surface area contributed by atoms with Gasteiger partial charge in [0.05, 0.1) is 0 Å². The lowest BCUT2D eigenvalue weighted by molar-refractivity contribution is 0.143. The summed E-state index contributed by atoms with van der Waals surface area (Å²) >= 11 is 0. The van der Waals surface area contributed by atoms with Crippen LogP contribution in [0.1, 0.15) is 22.8 Å². The Morgan fingerprint density at radius 2 is 1.73 bits per heavy atom. The summed E-state index contributed by atoms with van der Waals surface area (Å²) in [6.45, 7) is 0.608. The van der Waals surface area contributed by atoms with Gasteiger partial charge in [0.2, 0.25) is 0 Å². The largest absolute Gasteiger partial charge is 0.449 e. The minimum absolute atomic E-state index is 0.0378. The first-order valence-corrected chi connectivity index (χ1v) is 8.48. The normalized spacial score (nSPS) is 12.5. The second kappa shape index (κ2) is 6.92. The average Bonchev–Trinajstić information content (AvgIpc) is 3.21. The number of amides is 1. The Labute approximate surface area is 149 Å². The van der Waals surface area contributed by atoms with Gasteiger partial charge in [0.25, 0.3) is 5.56 Å². The van der Waals surface area contributed by atoms with Crippen LogP contribution in [0.2, 0.25) is 0 Å². The number of ether oxygens (including phenoxy) is 1. The molecule has 0 atom stereocenters. The third-order valence-electron chi connectivity index (χ3n) is 4.56. The van der Waals surface area contributed by atoms with E-state index in [4.69, 9.17) is 9.26 Å². The van der Waals surface area contributed by atoms with Crippen molar-refractivity contribution in [1.82, 2.24) is 10.5 Å². The summed E-state index contributed by atoms with van der Waals surface area (Å²) < 4.78 is 10.4. The zero-order valence-electron chi connectivity index (χ0n) is 14.0. The molecule has 6 nitrogen and oxygen atoms in total. The molecule has 1 aliphatic rings. The zero-order chi connectivity index (χ0) is 17.9. The van der Waals surface area contributed by atoms with E-state index >= 15 is 0 Å². The Bertz CT molecular complexity index is 943.